The highest BCUT2D eigenvalue weighted by Gasteiger charge is 2.67. The minimum atomic E-state index is -1.01. The summed E-state index contributed by atoms with van der Waals surface area (Å²) >= 11 is 0. The monoisotopic (exact) mass is 501 g/mol. The number of carbonyl (C=O) groups is 1. The summed E-state index contributed by atoms with van der Waals surface area (Å²) in [6.45, 7) is 10.6. The van der Waals surface area contributed by atoms with Gasteiger partial charge in [-0.2, -0.15) is 4.91 Å². The molecule has 0 N–H and O–H groups in total. The second kappa shape index (κ2) is 12.9. The number of hydrogen-bond acceptors (Lipinski definition) is 4. The lowest BCUT2D eigenvalue weighted by molar-refractivity contribution is -0.151. The molecule has 2 fully saturated rings. The summed E-state index contributed by atoms with van der Waals surface area (Å²) in [5.74, 6) is -0.626. The van der Waals surface area contributed by atoms with Gasteiger partial charge in [-0.25, -0.2) is 9.18 Å². The Kier molecular flexibility index (Phi) is 10.2. The fourth-order valence-corrected chi connectivity index (χ4v) is 6.44. The summed E-state index contributed by atoms with van der Waals surface area (Å²) in [4.78, 5) is 23.6. The van der Waals surface area contributed by atoms with Gasteiger partial charge in [-0.15, -0.1) is 9.24 Å². The fourth-order valence-electron chi connectivity index (χ4n) is 6.17. The number of ether oxygens (including phenoxy) is 1. The summed E-state index contributed by atoms with van der Waals surface area (Å²) < 4.78 is 21.1. The number of allylic oxidation sites excluding steroid dienone is 7. The van der Waals surface area contributed by atoms with Gasteiger partial charge in [0.1, 0.15) is 18.8 Å². The summed E-state index contributed by atoms with van der Waals surface area (Å²) in [7, 11) is 2.65. The lowest BCUT2D eigenvalue weighted by atomic mass is 9.65. The summed E-state index contributed by atoms with van der Waals surface area (Å²) in [5, 5.41) is 3.07. The van der Waals surface area contributed by atoms with Gasteiger partial charge in [0.05, 0.1) is 0 Å². The van der Waals surface area contributed by atoms with Crippen molar-refractivity contribution in [3.63, 3.8) is 0 Å². The van der Waals surface area contributed by atoms with Crippen LogP contribution >= 0.6 is 9.24 Å². The third-order valence-electron chi connectivity index (χ3n) is 8.09. The molecule has 0 heterocycles. The van der Waals surface area contributed by atoms with Crippen LogP contribution in [0.5, 0.6) is 0 Å². The minimum absolute atomic E-state index is 0.0150. The molecular weight excluding hydrogens is 460 g/mol. The van der Waals surface area contributed by atoms with E-state index in [0.29, 0.717) is 6.16 Å². The van der Waals surface area contributed by atoms with E-state index in [2.05, 4.69) is 60.0 Å². The smallest absolute Gasteiger partial charge is 0.331 e. The highest BCUT2D eigenvalue weighted by atomic mass is 31.0. The topological polar surface area (TPSA) is 55.7 Å². The molecule has 2 saturated carbocycles. The number of unbranched alkanes of at least 4 members (excludes halogenated alkanes) is 3. The predicted molar refractivity (Wildman–Crippen MR) is 145 cm³/mol. The van der Waals surface area contributed by atoms with Crippen LogP contribution in [0.15, 0.2) is 64.9 Å². The van der Waals surface area contributed by atoms with E-state index in [1.165, 1.54) is 24.5 Å². The molecule has 0 saturated heterocycles. The maximum absolute atomic E-state index is 15.2. The molecular formula is C29H41FNO3P. The van der Waals surface area contributed by atoms with E-state index in [-0.39, 0.29) is 42.1 Å². The molecule has 0 spiro atoms. The zero-order valence-electron chi connectivity index (χ0n) is 21.4. The molecule has 0 aromatic heterocycles. The van der Waals surface area contributed by atoms with E-state index in [4.69, 9.17) is 4.74 Å². The van der Waals surface area contributed by atoms with Crippen LogP contribution in [0.1, 0.15) is 52.9 Å². The molecule has 8 unspecified atom stereocenters. The number of nitrogens with zero attached hydrogens (tertiary/aromatic N) is 1. The number of halogens is 1. The molecule has 0 bridgehead atoms. The maximum atomic E-state index is 15.2. The van der Waals surface area contributed by atoms with Crippen LogP contribution < -0.4 is 0 Å². The number of esters is 1. The van der Waals surface area contributed by atoms with Crippen molar-refractivity contribution in [3.8, 4) is 0 Å². The number of hydrogen-bond donors (Lipinski definition) is 0. The van der Waals surface area contributed by atoms with Crippen molar-refractivity contribution in [1.82, 2.24) is 0 Å². The van der Waals surface area contributed by atoms with Crippen LogP contribution in [0.25, 0.3) is 0 Å². The maximum Gasteiger partial charge on any atom is 0.331 e. The van der Waals surface area contributed by atoms with E-state index in [1.54, 1.807) is 6.08 Å². The number of carbonyl (C=O) groups excluding carboxylic acids is 1. The average Bonchev–Trinajstić information content (AvgIpc) is 3.38. The molecule has 35 heavy (non-hydrogen) atoms. The Morgan fingerprint density at radius 2 is 2.06 bits per heavy atom. The second-order valence-corrected chi connectivity index (χ2v) is 10.8. The van der Waals surface area contributed by atoms with Gasteiger partial charge in [0.15, 0.2) is 0 Å². The van der Waals surface area contributed by atoms with Crippen molar-refractivity contribution in [2.24, 2.45) is 40.7 Å². The van der Waals surface area contributed by atoms with Crippen LogP contribution in [0, 0.1) is 40.4 Å². The predicted octanol–water partition coefficient (Wildman–Crippen LogP) is 7.15. The van der Waals surface area contributed by atoms with Gasteiger partial charge >= 0.3 is 5.97 Å². The van der Waals surface area contributed by atoms with Crippen molar-refractivity contribution in [2.75, 3.05) is 12.7 Å². The summed E-state index contributed by atoms with van der Waals surface area (Å²) in [5.41, 5.74) is 3.22. The van der Waals surface area contributed by atoms with Gasteiger partial charge in [-0.3, -0.25) is 0 Å². The molecule has 0 amide bonds. The van der Waals surface area contributed by atoms with Gasteiger partial charge in [-0.05, 0) is 61.6 Å². The Labute approximate surface area is 212 Å². The molecule has 4 nitrogen and oxygen atoms in total. The van der Waals surface area contributed by atoms with E-state index >= 15 is 4.39 Å². The zero-order valence-corrected chi connectivity index (χ0v) is 22.5. The average molecular weight is 502 g/mol. The van der Waals surface area contributed by atoms with E-state index in [9.17, 15) is 9.70 Å². The Balaban J connectivity index is 1.78. The first-order chi connectivity index (χ1) is 16.8. The first kappa shape index (κ1) is 27.7. The molecule has 0 aliphatic heterocycles. The van der Waals surface area contributed by atoms with Gasteiger partial charge < -0.3 is 4.74 Å². The van der Waals surface area contributed by atoms with E-state index in [1.807, 2.05) is 6.08 Å². The van der Waals surface area contributed by atoms with Crippen LogP contribution in [0.2, 0.25) is 0 Å². The van der Waals surface area contributed by atoms with E-state index < -0.39 is 18.2 Å². The van der Waals surface area contributed by atoms with Crippen molar-refractivity contribution in [2.45, 2.75) is 65.2 Å². The number of alkyl halides is 1. The molecule has 0 aromatic carbocycles. The van der Waals surface area contributed by atoms with E-state index in [0.717, 1.165) is 30.4 Å². The van der Waals surface area contributed by atoms with Crippen molar-refractivity contribution < 1.29 is 13.9 Å². The van der Waals surface area contributed by atoms with Crippen molar-refractivity contribution in [3.05, 3.63) is 64.7 Å². The minimum Gasteiger partial charge on any atom is -0.458 e. The number of nitroso groups, excluding NO2 is 1. The molecule has 192 valence electrons. The van der Waals surface area contributed by atoms with Crippen molar-refractivity contribution in [1.29, 1.82) is 0 Å². The van der Waals surface area contributed by atoms with Crippen LogP contribution in [0.3, 0.4) is 0 Å². The Bertz CT molecular complexity index is 908. The van der Waals surface area contributed by atoms with Crippen LogP contribution in [0.4, 0.5) is 4.39 Å². The van der Waals surface area contributed by atoms with Crippen LogP contribution in [-0.4, -0.2) is 31.0 Å². The molecule has 3 rings (SSSR count). The molecule has 3 aliphatic rings. The second-order valence-electron chi connectivity index (χ2n) is 10.4. The molecule has 9 atom stereocenters. The number of rotatable bonds is 12. The molecule has 0 radical (unpaired) electrons. The third kappa shape index (κ3) is 6.67. The summed E-state index contributed by atoms with van der Waals surface area (Å²) in [6.07, 6.45) is 16.0. The van der Waals surface area contributed by atoms with Gasteiger partial charge in [0, 0.05) is 17.9 Å². The van der Waals surface area contributed by atoms with Gasteiger partial charge in [-0.1, -0.05) is 80.0 Å². The lowest BCUT2D eigenvalue weighted by Gasteiger charge is -2.42. The molecule has 3 aliphatic carbocycles. The lowest BCUT2D eigenvalue weighted by Crippen LogP contribution is -2.43. The largest absolute Gasteiger partial charge is 0.458 e. The fraction of sp³-hybridized carbons (Fsp3) is 0.621. The highest BCUT2D eigenvalue weighted by molar-refractivity contribution is 7.16. The Hall–Kier alpha value is -1.87. The Morgan fingerprint density at radius 3 is 2.69 bits per heavy atom. The first-order valence-corrected chi connectivity index (χ1v) is 13.9. The first-order valence-electron chi connectivity index (χ1n) is 13.1. The zero-order chi connectivity index (χ0) is 25.5. The Morgan fingerprint density at radius 1 is 1.29 bits per heavy atom. The van der Waals surface area contributed by atoms with Gasteiger partial charge in [0.2, 0.25) is 0 Å². The number of fused-ring (bicyclic) bond motifs is 1. The third-order valence-corrected chi connectivity index (χ3v) is 8.62. The molecule has 6 heteroatoms. The SMILES string of the molecule is C=C1CC(C2C(/C=C(\CP)CN=O)C3C(F)C3C(OC(=O)/C=C/C=C/CCCCC)[C@H]2C)C=C1C. The summed E-state index contributed by atoms with van der Waals surface area (Å²) in [6, 6.07) is 0. The quantitative estimate of drug-likeness (QED) is 0.0543. The van der Waals surface area contributed by atoms with Gasteiger partial charge in [0.25, 0.3) is 0 Å². The standard InChI is InChI=1S/C29H41FNO3P/c1-5-6-7-8-9-10-11-12-24(32)34-29-20(4)25(22-13-18(2)19(3)14-22)23(26-27(29)28(26)30)15-21(17-35)16-31-33/h9-12,14-15,20,22-23,25-29H,2,5-8,13,16-17,35H2,1,3-4H3/b10-9+,12-11+,21-15-/t20-,22?,23?,25?,26?,27?,28?,29?/m0/s1. The molecule has 0 aromatic rings. The van der Waals surface area contributed by atoms with Crippen molar-refractivity contribution >= 4 is 15.2 Å². The van der Waals surface area contributed by atoms with Crippen LogP contribution in [-0.2, 0) is 9.53 Å². The highest BCUT2D eigenvalue weighted by Crippen LogP contribution is 2.62. The normalized spacial score (nSPS) is 34.8.